The minimum absolute atomic E-state index is 0.959. The van der Waals surface area contributed by atoms with Gasteiger partial charge in [-0.2, -0.15) is 0 Å². The number of nitrogens with one attached hydrogen (secondary N) is 1. The molecule has 0 spiro atoms. The maximum atomic E-state index is 7.00. The summed E-state index contributed by atoms with van der Waals surface area (Å²) >= 11 is 0. The van der Waals surface area contributed by atoms with Crippen molar-refractivity contribution in [1.82, 2.24) is 5.32 Å². The van der Waals surface area contributed by atoms with Gasteiger partial charge in [-0.25, -0.2) is 0 Å². The van der Waals surface area contributed by atoms with Gasteiger partial charge in [0.2, 0.25) is 0 Å². The first kappa shape index (κ1) is 10.1. The zero-order valence-corrected chi connectivity index (χ0v) is 7.04. The zero-order chi connectivity index (χ0) is 8.53. The van der Waals surface area contributed by atoms with Crippen molar-refractivity contribution in [2.45, 2.75) is 6.54 Å². The molecule has 0 fully saturated rings. The van der Waals surface area contributed by atoms with E-state index in [1.807, 2.05) is 25.2 Å². The fourth-order valence-corrected chi connectivity index (χ4v) is 0.800. The van der Waals surface area contributed by atoms with Crippen molar-refractivity contribution in [3.8, 4) is 0 Å². The molecule has 0 atom stereocenters. The molecule has 0 aliphatic rings. The predicted octanol–water partition coefficient (Wildman–Crippen LogP) is 1.01. The molecule has 1 aromatic rings. The summed E-state index contributed by atoms with van der Waals surface area (Å²) in [6, 6.07) is 10.3. The van der Waals surface area contributed by atoms with Crippen LogP contribution in [0.3, 0.4) is 0 Å². The Bertz CT molecular complexity index is 162. The molecule has 2 nitrogen and oxygen atoms in total. The van der Waals surface area contributed by atoms with Crippen LogP contribution in [0.15, 0.2) is 30.3 Å². The van der Waals surface area contributed by atoms with E-state index in [4.69, 9.17) is 5.11 Å². The summed E-state index contributed by atoms with van der Waals surface area (Å²) in [4.78, 5) is 0. The van der Waals surface area contributed by atoms with Gasteiger partial charge in [-0.1, -0.05) is 30.3 Å². The van der Waals surface area contributed by atoms with Gasteiger partial charge in [0.15, 0.2) is 0 Å². The number of rotatable bonds is 2. The predicted molar refractivity (Wildman–Crippen MR) is 47.3 cm³/mol. The van der Waals surface area contributed by atoms with Gasteiger partial charge in [0, 0.05) is 13.7 Å². The summed E-state index contributed by atoms with van der Waals surface area (Å²) in [5.41, 5.74) is 1.33. The van der Waals surface area contributed by atoms with Gasteiger partial charge in [-0.05, 0) is 12.6 Å². The second-order valence-corrected chi connectivity index (χ2v) is 2.02. The Labute approximate surface area is 67.9 Å². The van der Waals surface area contributed by atoms with E-state index in [0.717, 1.165) is 13.7 Å². The highest BCUT2D eigenvalue weighted by Gasteiger charge is 1.83. The first-order chi connectivity index (χ1) is 5.43. The number of aliphatic hydroxyl groups is 1. The molecule has 1 rings (SSSR count). The molecule has 0 unspecified atom stereocenters. The molecule has 0 heterocycles. The first-order valence-electron chi connectivity index (χ1n) is 3.57. The summed E-state index contributed by atoms with van der Waals surface area (Å²) < 4.78 is 0. The summed E-state index contributed by atoms with van der Waals surface area (Å²) in [7, 11) is 2.95. The van der Waals surface area contributed by atoms with Crippen molar-refractivity contribution >= 4 is 0 Å². The van der Waals surface area contributed by atoms with E-state index in [9.17, 15) is 0 Å². The molecule has 11 heavy (non-hydrogen) atoms. The molecule has 0 aliphatic heterocycles. The van der Waals surface area contributed by atoms with Crippen molar-refractivity contribution in [2.24, 2.45) is 0 Å². The molecule has 2 heteroatoms. The van der Waals surface area contributed by atoms with Gasteiger partial charge in [0.05, 0.1) is 0 Å². The van der Waals surface area contributed by atoms with Crippen molar-refractivity contribution in [1.29, 1.82) is 0 Å². The minimum atomic E-state index is 0.959. The lowest BCUT2D eigenvalue weighted by Gasteiger charge is -1.95. The zero-order valence-electron chi connectivity index (χ0n) is 7.04. The van der Waals surface area contributed by atoms with Crippen LogP contribution in [0.25, 0.3) is 0 Å². The molecule has 0 bridgehead atoms. The van der Waals surface area contributed by atoms with Crippen LogP contribution in [0.2, 0.25) is 0 Å². The Kier molecular flexibility index (Phi) is 6.68. The Morgan fingerprint density at radius 2 is 1.73 bits per heavy atom. The summed E-state index contributed by atoms with van der Waals surface area (Å²) in [5.74, 6) is 0. The topological polar surface area (TPSA) is 32.3 Å². The Morgan fingerprint density at radius 1 is 1.18 bits per heavy atom. The van der Waals surface area contributed by atoms with Crippen LogP contribution >= 0.6 is 0 Å². The van der Waals surface area contributed by atoms with Crippen LogP contribution in [0.1, 0.15) is 5.56 Å². The number of benzene rings is 1. The number of hydrogen-bond donors (Lipinski definition) is 2. The monoisotopic (exact) mass is 153 g/mol. The highest BCUT2D eigenvalue weighted by molar-refractivity contribution is 5.13. The van der Waals surface area contributed by atoms with Gasteiger partial charge in [0.25, 0.3) is 0 Å². The van der Waals surface area contributed by atoms with Crippen molar-refractivity contribution in [3.05, 3.63) is 35.9 Å². The molecule has 62 valence electrons. The van der Waals surface area contributed by atoms with Crippen LogP contribution in [0, 0.1) is 0 Å². The van der Waals surface area contributed by atoms with E-state index >= 15 is 0 Å². The third-order valence-electron chi connectivity index (χ3n) is 1.22. The average molecular weight is 153 g/mol. The van der Waals surface area contributed by atoms with Crippen molar-refractivity contribution < 1.29 is 5.11 Å². The van der Waals surface area contributed by atoms with E-state index < -0.39 is 0 Å². The third kappa shape index (κ3) is 4.53. The lowest BCUT2D eigenvalue weighted by molar-refractivity contribution is 0.399. The molecule has 0 saturated heterocycles. The molecule has 0 amide bonds. The maximum absolute atomic E-state index is 7.00. The number of hydrogen-bond acceptors (Lipinski definition) is 2. The first-order valence-corrected chi connectivity index (χ1v) is 3.57. The van der Waals surface area contributed by atoms with Gasteiger partial charge >= 0.3 is 0 Å². The lowest BCUT2D eigenvalue weighted by atomic mass is 10.2. The van der Waals surface area contributed by atoms with E-state index in [0.29, 0.717) is 0 Å². The molecule has 2 N–H and O–H groups in total. The summed E-state index contributed by atoms with van der Waals surface area (Å²) in [6.45, 7) is 0.959. The SMILES string of the molecule is CNCc1ccccc1.CO. The average Bonchev–Trinajstić information content (AvgIpc) is 2.11. The van der Waals surface area contributed by atoms with Crippen LogP contribution in [-0.4, -0.2) is 19.3 Å². The number of aliphatic hydroxyl groups excluding tert-OH is 1. The van der Waals surface area contributed by atoms with E-state index in [-0.39, 0.29) is 0 Å². The minimum Gasteiger partial charge on any atom is -0.400 e. The lowest BCUT2D eigenvalue weighted by Crippen LogP contribution is -2.04. The van der Waals surface area contributed by atoms with Gasteiger partial charge in [-0.15, -0.1) is 0 Å². The molecular formula is C9H15NO. The van der Waals surface area contributed by atoms with E-state index in [1.165, 1.54) is 5.56 Å². The fraction of sp³-hybridized carbons (Fsp3) is 0.333. The Hall–Kier alpha value is -0.860. The highest BCUT2D eigenvalue weighted by Crippen LogP contribution is 1.95. The molecule has 0 radical (unpaired) electrons. The van der Waals surface area contributed by atoms with Gasteiger partial charge in [0.1, 0.15) is 0 Å². The molecule has 0 saturated carbocycles. The smallest absolute Gasteiger partial charge is 0.0319 e. The van der Waals surface area contributed by atoms with Crippen molar-refractivity contribution in [3.63, 3.8) is 0 Å². The third-order valence-corrected chi connectivity index (χ3v) is 1.22. The summed E-state index contributed by atoms with van der Waals surface area (Å²) in [6.07, 6.45) is 0. The molecular weight excluding hydrogens is 138 g/mol. The van der Waals surface area contributed by atoms with Crippen LogP contribution in [0.4, 0.5) is 0 Å². The fourth-order valence-electron chi connectivity index (χ4n) is 0.800. The van der Waals surface area contributed by atoms with E-state index in [2.05, 4.69) is 17.4 Å². The standard InChI is InChI=1S/C8H11N.CH4O/c1-9-7-8-5-3-2-4-6-8;1-2/h2-6,9H,7H2,1H3;2H,1H3. The second kappa shape index (κ2) is 7.25. The van der Waals surface area contributed by atoms with Crippen molar-refractivity contribution in [2.75, 3.05) is 14.2 Å². The van der Waals surface area contributed by atoms with Gasteiger partial charge < -0.3 is 10.4 Å². The van der Waals surface area contributed by atoms with E-state index in [1.54, 1.807) is 0 Å². The molecule has 1 aromatic carbocycles. The van der Waals surface area contributed by atoms with Crippen LogP contribution < -0.4 is 5.32 Å². The Morgan fingerprint density at radius 3 is 2.18 bits per heavy atom. The second-order valence-electron chi connectivity index (χ2n) is 2.02. The van der Waals surface area contributed by atoms with Gasteiger partial charge in [-0.3, -0.25) is 0 Å². The summed E-state index contributed by atoms with van der Waals surface area (Å²) in [5, 5.41) is 10.1. The van der Waals surface area contributed by atoms with Crippen LogP contribution in [0.5, 0.6) is 0 Å². The Balaban J connectivity index is 0.000000461. The largest absolute Gasteiger partial charge is 0.400 e. The maximum Gasteiger partial charge on any atom is 0.0319 e. The van der Waals surface area contributed by atoms with Crippen LogP contribution in [-0.2, 0) is 6.54 Å². The molecule has 0 aromatic heterocycles. The molecule has 0 aliphatic carbocycles. The highest BCUT2D eigenvalue weighted by atomic mass is 16.2. The normalized spacial score (nSPS) is 8.27. The quantitative estimate of drug-likeness (QED) is 0.664.